The van der Waals surface area contributed by atoms with E-state index in [9.17, 15) is 4.79 Å². The molecule has 3 N–H and O–H groups in total. The van der Waals surface area contributed by atoms with Gasteiger partial charge in [0, 0.05) is 12.0 Å². The second kappa shape index (κ2) is 2.59. The van der Waals surface area contributed by atoms with E-state index in [1.165, 1.54) is 0 Å². The number of carboxylic acid groups (broad SMARTS) is 1. The van der Waals surface area contributed by atoms with Gasteiger partial charge in [0.1, 0.15) is 11.3 Å². The summed E-state index contributed by atoms with van der Waals surface area (Å²) in [6.45, 7) is 0. The first-order chi connectivity index (χ1) is 6.04. The minimum absolute atomic E-state index is 0.407. The summed E-state index contributed by atoms with van der Waals surface area (Å²) in [4.78, 5) is 10.9. The maximum absolute atomic E-state index is 10.9. The van der Waals surface area contributed by atoms with Crippen LogP contribution in [0.15, 0.2) is 15.2 Å². The first-order valence-corrected chi connectivity index (χ1v) is 4.64. The number of rotatable bonds is 1. The Bertz CT molecular complexity index is 373. The highest BCUT2D eigenvalue weighted by atomic mass is 79.9. The highest BCUT2D eigenvalue weighted by Gasteiger charge is 2.44. The number of hydrogen-bond acceptors (Lipinski definition) is 3. The second-order valence-electron chi connectivity index (χ2n) is 3.16. The fourth-order valence-corrected chi connectivity index (χ4v) is 2.05. The summed E-state index contributed by atoms with van der Waals surface area (Å²) >= 11 is 3.14. The van der Waals surface area contributed by atoms with Crippen molar-refractivity contribution in [2.75, 3.05) is 0 Å². The molecule has 0 radical (unpaired) electrons. The van der Waals surface area contributed by atoms with E-state index >= 15 is 0 Å². The molecule has 5 heteroatoms. The number of furan rings is 1. The van der Waals surface area contributed by atoms with Gasteiger partial charge < -0.3 is 15.3 Å². The highest BCUT2D eigenvalue weighted by Crippen LogP contribution is 2.38. The number of aliphatic carboxylic acids is 1. The van der Waals surface area contributed by atoms with E-state index in [1.807, 2.05) is 0 Å². The lowest BCUT2D eigenvalue weighted by Crippen LogP contribution is -2.42. The van der Waals surface area contributed by atoms with Crippen LogP contribution in [-0.2, 0) is 16.8 Å². The Labute approximate surface area is 82.8 Å². The third-order valence-corrected chi connectivity index (χ3v) is 2.78. The summed E-state index contributed by atoms with van der Waals surface area (Å²) in [7, 11) is 0. The average molecular weight is 246 g/mol. The molecule has 0 fully saturated rings. The molecular formula is C8H8BrNO3. The van der Waals surface area contributed by atoms with Crippen molar-refractivity contribution in [3.05, 3.63) is 22.1 Å². The zero-order chi connectivity index (χ0) is 9.64. The number of fused-ring (bicyclic) bond motifs is 1. The smallest absolute Gasteiger partial charge is 0.328 e. The van der Waals surface area contributed by atoms with Crippen LogP contribution in [0.2, 0.25) is 0 Å². The molecular weight excluding hydrogens is 238 g/mol. The minimum atomic E-state index is -1.26. The van der Waals surface area contributed by atoms with Crippen molar-refractivity contribution in [1.82, 2.24) is 0 Å². The van der Waals surface area contributed by atoms with Gasteiger partial charge in [-0.15, -0.1) is 0 Å². The van der Waals surface area contributed by atoms with Crippen molar-refractivity contribution in [1.29, 1.82) is 0 Å². The molecule has 1 aromatic heterocycles. The van der Waals surface area contributed by atoms with Crippen molar-refractivity contribution in [2.24, 2.45) is 5.73 Å². The Hall–Kier alpha value is -0.810. The van der Waals surface area contributed by atoms with Crippen LogP contribution in [0.1, 0.15) is 17.7 Å². The van der Waals surface area contributed by atoms with Gasteiger partial charge in [0.2, 0.25) is 0 Å². The summed E-state index contributed by atoms with van der Waals surface area (Å²) < 4.78 is 5.78. The molecule has 1 aromatic rings. The Kier molecular flexibility index (Phi) is 1.75. The first kappa shape index (κ1) is 8.77. The van der Waals surface area contributed by atoms with Crippen LogP contribution in [0.3, 0.4) is 0 Å². The molecule has 0 spiro atoms. The minimum Gasteiger partial charge on any atom is -0.480 e. The molecule has 0 saturated heterocycles. The van der Waals surface area contributed by atoms with E-state index in [1.54, 1.807) is 6.07 Å². The normalized spacial score (nSPS) is 26.0. The van der Waals surface area contributed by atoms with Crippen LogP contribution in [0.4, 0.5) is 0 Å². The Morgan fingerprint density at radius 1 is 1.77 bits per heavy atom. The molecule has 0 saturated carbocycles. The number of hydrogen-bond donors (Lipinski definition) is 2. The Balaban J connectivity index is 2.53. The zero-order valence-corrected chi connectivity index (χ0v) is 8.30. The molecule has 1 heterocycles. The lowest BCUT2D eigenvalue weighted by Gasteiger charge is -2.17. The van der Waals surface area contributed by atoms with Gasteiger partial charge in [-0.05, 0) is 28.4 Å². The topological polar surface area (TPSA) is 76.5 Å². The predicted octanol–water partition coefficient (Wildman–Crippen LogP) is 1.23. The first-order valence-electron chi connectivity index (χ1n) is 3.85. The van der Waals surface area contributed by atoms with Crippen molar-refractivity contribution in [3.63, 3.8) is 0 Å². The molecule has 1 unspecified atom stereocenters. The van der Waals surface area contributed by atoms with E-state index in [2.05, 4.69) is 15.9 Å². The molecule has 13 heavy (non-hydrogen) atoms. The van der Waals surface area contributed by atoms with Gasteiger partial charge in [-0.25, -0.2) is 4.79 Å². The van der Waals surface area contributed by atoms with Crippen LogP contribution in [0, 0.1) is 0 Å². The Morgan fingerprint density at radius 2 is 2.46 bits per heavy atom. The van der Waals surface area contributed by atoms with E-state index < -0.39 is 11.5 Å². The largest absolute Gasteiger partial charge is 0.480 e. The van der Waals surface area contributed by atoms with Gasteiger partial charge in [0.15, 0.2) is 4.67 Å². The zero-order valence-electron chi connectivity index (χ0n) is 6.71. The predicted molar refractivity (Wildman–Crippen MR) is 48.2 cm³/mol. The van der Waals surface area contributed by atoms with Crippen LogP contribution in [-0.4, -0.2) is 11.1 Å². The SMILES string of the molecule is NC1(C(=O)O)CCc2oc(Br)cc21. The van der Waals surface area contributed by atoms with Gasteiger partial charge in [0.05, 0.1) is 0 Å². The molecule has 0 aromatic carbocycles. The van der Waals surface area contributed by atoms with Gasteiger partial charge in [0.25, 0.3) is 0 Å². The highest BCUT2D eigenvalue weighted by molar-refractivity contribution is 9.10. The summed E-state index contributed by atoms with van der Waals surface area (Å²) in [5.74, 6) is -0.323. The van der Waals surface area contributed by atoms with Gasteiger partial charge >= 0.3 is 5.97 Å². The quantitative estimate of drug-likeness (QED) is 0.781. The standard InChI is InChI=1S/C8H8BrNO3/c9-6-3-4-5(13-6)1-2-8(4,10)7(11)12/h3H,1-2,10H2,(H,11,12). The number of nitrogens with two attached hydrogens (primary N) is 1. The van der Waals surface area contributed by atoms with Gasteiger partial charge in [-0.2, -0.15) is 0 Å². The summed E-state index contributed by atoms with van der Waals surface area (Å²) in [5, 5.41) is 8.95. The average Bonchev–Trinajstić information content (AvgIpc) is 2.53. The monoisotopic (exact) mass is 245 g/mol. The van der Waals surface area contributed by atoms with Crippen LogP contribution >= 0.6 is 15.9 Å². The molecule has 1 atom stereocenters. The summed E-state index contributed by atoms with van der Waals surface area (Å²) in [6.07, 6.45) is 0.994. The van der Waals surface area contributed by atoms with Gasteiger partial charge in [-0.3, -0.25) is 0 Å². The van der Waals surface area contributed by atoms with Crippen molar-refractivity contribution < 1.29 is 14.3 Å². The van der Waals surface area contributed by atoms with Crippen molar-refractivity contribution >= 4 is 21.9 Å². The van der Waals surface area contributed by atoms with E-state index in [0.29, 0.717) is 28.8 Å². The maximum atomic E-state index is 10.9. The molecule has 0 bridgehead atoms. The third kappa shape index (κ3) is 1.11. The molecule has 4 nitrogen and oxygen atoms in total. The Morgan fingerprint density at radius 3 is 3.08 bits per heavy atom. The third-order valence-electron chi connectivity index (χ3n) is 2.39. The fraction of sp³-hybridized carbons (Fsp3) is 0.375. The molecule has 0 amide bonds. The van der Waals surface area contributed by atoms with Crippen LogP contribution < -0.4 is 5.73 Å². The maximum Gasteiger partial charge on any atom is 0.328 e. The van der Waals surface area contributed by atoms with Crippen LogP contribution in [0.5, 0.6) is 0 Å². The molecule has 0 aliphatic heterocycles. The lowest BCUT2D eigenvalue weighted by molar-refractivity contribution is -0.143. The fourth-order valence-electron chi connectivity index (χ4n) is 1.63. The number of carboxylic acids is 1. The summed E-state index contributed by atoms with van der Waals surface area (Å²) in [6, 6.07) is 1.64. The molecule has 1 aliphatic rings. The van der Waals surface area contributed by atoms with Crippen molar-refractivity contribution in [3.8, 4) is 0 Å². The van der Waals surface area contributed by atoms with Crippen LogP contribution in [0.25, 0.3) is 0 Å². The van der Waals surface area contributed by atoms with E-state index in [0.717, 1.165) is 0 Å². The lowest BCUT2D eigenvalue weighted by atomic mass is 9.95. The van der Waals surface area contributed by atoms with E-state index in [-0.39, 0.29) is 0 Å². The number of aryl methyl sites for hydroxylation is 1. The molecule has 1 aliphatic carbocycles. The van der Waals surface area contributed by atoms with Crippen molar-refractivity contribution in [2.45, 2.75) is 18.4 Å². The van der Waals surface area contributed by atoms with E-state index in [4.69, 9.17) is 15.3 Å². The number of carbonyl (C=O) groups is 1. The second-order valence-corrected chi connectivity index (χ2v) is 3.95. The number of halogens is 1. The molecule has 70 valence electrons. The van der Waals surface area contributed by atoms with Gasteiger partial charge in [-0.1, -0.05) is 0 Å². The molecule has 2 rings (SSSR count). The summed E-state index contributed by atoms with van der Waals surface area (Å²) in [5.41, 5.74) is 5.08.